The van der Waals surface area contributed by atoms with Crippen molar-refractivity contribution < 1.29 is 8.42 Å². The smallest absolute Gasteiger partial charge is 0.188 e. The van der Waals surface area contributed by atoms with Crippen molar-refractivity contribution >= 4 is 9.84 Å². The van der Waals surface area contributed by atoms with Crippen molar-refractivity contribution in [3.63, 3.8) is 0 Å². The number of aromatic nitrogens is 4. The maximum Gasteiger partial charge on any atom is 0.188 e. The minimum absolute atomic E-state index is 0.212. The molecule has 1 aliphatic carbocycles. The molecule has 2 aromatic rings. The van der Waals surface area contributed by atoms with Crippen LogP contribution in [0.25, 0.3) is 0 Å². The van der Waals surface area contributed by atoms with E-state index in [2.05, 4.69) is 15.5 Å². The fraction of sp³-hybridized carbons (Fsp3) is 0.562. The van der Waals surface area contributed by atoms with Gasteiger partial charge in [-0.15, -0.1) is 5.10 Å². The van der Waals surface area contributed by atoms with Crippen molar-refractivity contribution in [2.75, 3.05) is 0 Å². The zero-order valence-electron chi connectivity index (χ0n) is 13.5. The van der Waals surface area contributed by atoms with Crippen LogP contribution in [0.3, 0.4) is 0 Å². The van der Waals surface area contributed by atoms with E-state index >= 15 is 0 Å². The Balaban J connectivity index is 1.94. The van der Waals surface area contributed by atoms with Crippen LogP contribution >= 0.6 is 0 Å². The molecule has 1 aliphatic rings. The second-order valence-electron chi connectivity index (χ2n) is 6.28. The normalized spacial score (nSPS) is 18.0. The summed E-state index contributed by atoms with van der Waals surface area (Å²) in [6, 6.07) is 7.19. The molecular weight excluding hydrogens is 312 g/mol. The molecule has 1 aromatic heterocycles. The minimum atomic E-state index is -3.51. The number of sulfone groups is 1. The topological polar surface area (TPSA) is 77.7 Å². The van der Waals surface area contributed by atoms with Gasteiger partial charge in [0.2, 0.25) is 0 Å². The van der Waals surface area contributed by atoms with Crippen LogP contribution < -0.4 is 0 Å². The van der Waals surface area contributed by atoms with Crippen LogP contribution in [0.15, 0.2) is 29.2 Å². The lowest BCUT2D eigenvalue weighted by Gasteiger charge is -2.23. The summed E-state index contributed by atoms with van der Waals surface area (Å²) in [6.07, 6.45) is 5.53. The highest BCUT2D eigenvalue weighted by Crippen LogP contribution is 2.32. The summed E-state index contributed by atoms with van der Waals surface area (Å²) in [5, 5.41) is 11.1. The number of nitrogens with zero attached hydrogens (tertiary/aromatic N) is 4. The SMILES string of the molecule is Cc1cccc(S(=O)(=O)[C@@H](C)c2nnnn2C2CCCCC2)c1. The molecule has 0 aliphatic heterocycles. The van der Waals surface area contributed by atoms with Crippen LogP contribution in [-0.2, 0) is 9.84 Å². The largest absolute Gasteiger partial charge is 0.225 e. The molecular formula is C16H22N4O2S. The summed E-state index contributed by atoms with van der Waals surface area (Å²) in [5.74, 6) is 0.443. The second kappa shape index (κ2) is 6.39. The third-order valence-electron chi connectivity index (χ3n) is 4.59. The van der Waals surface area contributed by atoms with Gasteiger partial charge in [0.25, 0.3) is 0 Å². The van der Waals surface area contributed by atoms with E-state index in [1.54, 1.807) is 29.8 Å². The molecule has 23 heavy (non-hydrogen) atoms. The predicted molar refractivity (Wildman–Crippen MR) is 86.7 cm³/mol. The second-order valence-corrected chi connectivity index (χ2v) is 8.55. The van der Waals surface area contributed by atoms with Crippen LogP contribution in [0.5, 0.6) is 0 Å². The number of aryl methyl sites for hydroxylation is 1. The predicted octanol–water partition coefficient (Wildman–Crippen LogP) is 3.02. The standard InChI is InChI=1S/C16H22N4O2S/c1-12-7-6-10-15(11-12)23(21,22)13(2)16-17-18-19-20(16)14-8-4-3-5-9-14/h6-7,10-11,13-14H,3-5,8-9H2,1-2H3/t13-/m0/s1. The van der Waals surface area contributed by atoms with E-state index in [9.17, 15) is 8.42 Å². The highest BCUT2D eigenvalue weighted by atomic mass is 32.2. The van der Waals surface area contributed by atoms with Gasteiger partial charge in [0.15, 0.2) is 15.7 Å². The number of benzene rings is 1. The number of rotatable bonds is 4. The van der Waals surface area contributed by atoms with Gasteiger partial charge < -0.3 is 0 Å². The van der Waals surface area contributed by atoms with Gasteiger partial charge >= 0.3 is 0 Å². The molecule has 1 atom stereocenters. The molecule has 1 heterocycles. The van der Waals surface area contributed by atoms with Gasteiger partial charge in [-0.2, -0.15) is 0 Å². The van der Waals surface area contributed by atoms with Gasteiger partial charge in [-0.3, -0.25) is 0 Å². The molecule has 124 valence electrons. The van der Waals surface area contributed by atoms with Crippen molar-refractivity contribution in [1.82, 2.24) is 20.2 Å². The zero-order valence-corrected chi connectivity index (χ0v) is 14.3. The van der Waals surface area contributed by atoms with Gasteiger partial charge in [-0.05, 0) is 54.8 Å². The molecule has 0 unspecified atom stereocenters. The van der Waals surface area contributed by atoms with Crippen LogP contribution in [0.2, 0.25) is 0 Å². The summed E-state index contributed by atoms with van der Waals surface area (Å²) < 4.78 is 27.6. The summed E-state index contributed by atoms with van der Waals surface area (Å²) >= 11 is 0. The Morgan fingerprint density at radius 3 is 2.65 bits per heavy atom. The van der Waals surface area contributed by atoms with Gasteiger partial charge in [0, 0.05) is 0 Å². The van der Waals surface area contributed by atoms with Crippen LogP contribution in [0.1, 0.15) is 61.7 Å². The molecule has 0 spiro atoms. The maximum absolute atomic E-state index is 12.9. The van der Waals surface area contributed by atoms with E-state index in [1.807, 2.05) is 13.0 Å². The lowest BCUT2D eigenvalue weighted by molar-refractivity contribution is 0.316. The Labute approximate surface area is 136 Å². The fourth-order valence-corrected chi connectivity index (χ4v) is 4.65. The van der Waals surface area contributed by atoms with E-state index in [0.717, 1.165) is 31.2 Å². The first kappa shape index (κ1) is 16.1. The Morgan fingerprint density at radius 2 is 1.96 bits per heavy atom. The average molecular weight is 334 g/mol. The van der Waals surface area contributed by atoms with Gasteiger partial charge in [0.1, 0.15) is 5.25 Å². The van der Waals surface area contributed by atoms with E-state index in [-0.39, 0.29) is 6.04 Å². The Kier molecular flexibility index (Phi) is 4.48. The maximum atomic E-state index is 12.9. The molecule has 6 nitrogen and oxygen atoms in total. The number of hydrogen-bond donors (Lipinski definition) is 0. The van der Waals surface area contributed by atoms with Crippen molar-refractivity contribution in [2.24, 2.45) is 0 Å². The van der Waals surface area contributed by atoms with Crippen molar-refractivity contribution in [3.05, 3.63) is 35.7 Å². The summed E-state index contributed by atoms with van der Waals surface area (Å²) in [7, 11) is -3.51. The molecule has 1 aromatic carbocycles. The van der Waals surface area contributed by atoms with Crippen LogP contribution in [0.4, 0.5) is 0 Å². The van der Waals surface area contributed by atoms with E-state index in [0.29, 0.717) is 10.7 Å². The van der Waals surface area contributed by atoms with Crippen molar-refractivity contribution in [3.8, 4) is 0 Å². The molecule has 0 amide bonds. The van der Waals surface area contributed by atoms with Crippen molar-refractivity contribution in [1.29, 1.82) is 0 Å². The summed E-state index contributed by atoms with van der Waals surface area (Å²) in [6.45, 7) is 3.55. The first-order valence-electron chi connectivity index (χ1n) is 8.08. The lowest BCUT2D eigenvalue weighted by Crippen LogP contribution is -2.21. The highest BCUT2D eigenvalue weighted by Gasteiger charge is 2.32. The lowest BCUT2D eigenvalue weighted by atomic mass is 9.95. The Morgan fingerprint density at radius 1 is 1.22 bits per heavy atom. The van der Waals surface area contributed by atoms with Crippen molar-refractivity contribution in [2.45, 2.75) is 62.1 Å². The third-order valence-corrected chi connectivity index (χ3v) is 6.64. The first-order valence-corrected chi connectivity index (χ1v) is 9.63. The van der Waals surface area contributed by atoms with E-state index in [1.165, 1.54) is 6.42 Å². The molecule has 3 rings (SSSR count). The quantitative estimate of drug-likeness (QED) is 0.859. The average Bonchev–Trinajstić information content (AvgIpc) is 3.04. The number of hydrogen-bond acceptors (Lipinski definition) is 5. The Bertz CT molecular complexity index is 779. The summed E-state index contributed by atoms with van der Waals surface area (Å²) in [5.41, 5.74) is 0.921. The molecule has 7 heteroatoms. The minimum Gasteiger partial charge on any atom is -0.225 e. The van der Waals surface area contributed by atoms with Gasteiger partial charge in [-0.25, -0.2) is 13.1 Å². The van der Waals surface area contributed by atoms with Crippen LogP contribution in [0, 0.1) is 6.92 Å². The molecule has 0 saturated heterocycles. The molecule has 1 saturated carbocycles. The molecule has 1 fully saturated rings. The molecule has 0 radical (unpaired) electrons. The fourth-order valence-electron chi connectivity index (χ4n) is 3.19. The third kappa shape index (κ3) is 3.15. The first-order chi connectivity index (χ1) is 11.0. The molecule has 0 N–H and O–H groups in total. The van der Waals surface area contributed by atoms with Gasteiger partial charge in [0.05, 0.1) is 10.9 Å². The van der Waals surface area contributed by atoms with E-state index in [4.69, 9.17) is 0 Å². The van der Waals surface area contributed by atoms with Gasteiger partial charge in [-0.1, -0.05) is 31.4 Å². The monoisotopic (exact) mass is 334 g/mol. The number of tetrazole rings is 1. The summed E-state index contributed by atoms with van der Waals surface area (Å²) in [4.78, 5) is 0.322. The molecule has 0 bridgehead atoms. The zero-order chi connectivity index (χ0) is 16.4. The van der Waals surface area contributed by atoms with E-state index < -0.39 is 15.1 Å². The van der Waals surface area contributed by atoms with Crippen LogP contribution in [-0.4, -0.2) is 28.6 Å². The Hall–Kier alpha value is -1.76. The highest BCUT2D eigenvalue weighted by molar-refractivity contribution is 7.91.